The molecule has 2 saturated heterocycles. The zero-order valence-electron chi connectivity index (χ0n) is 17.4. The van der Waals surface area contributed by atoms with E-state index in [4.69, 9.17) is 24.9 Å². The van der Waals surface area contributed by atoms with Crippen LogP contribution in [-0.2, 0) is 16.1 Å². The Balaban J connectivity index is 0.000000501. The van der Waals surface area contributed by atoms with Gasteiger partial charge in [0.15, 0.2) is 5.97 Å². The number of piperazine rings is 1. The fourth-order valence-electron chi connectivity index (χ4n) is 4.11. The van der Waals surface area contributed by atoms with Gasteiger partial charge in [0, 0.05) is 69.3 Å². The van der Waals surface area contributed by atoms with Gasteiger partial charge in [-0.15, -0.1) is 0 Å². The molecule has 1 aromatic rings. The van der Waals surface area contributed by atoms with E-state index in [1.807, 2.05) is 6.07 Å². The Morgan fingerprint density at radius 1 is 1.16 bits per heavy atom. The van der Waals surface area contributed by atoms with Gasteiger partial charge >= 0.3 is 5.97 Å². The van der Waals surface area contributed by atoms with Crippen LogP contribution in [0.25, 0.3) is 0 Å². The SMILES string of the molecule is O=C([O-])C(=O)O.O=[N+]([O-])c1cccc(C[NH+]2CCC(N3CCN(CCO)CC3)CC2)c1. The van der Waals surface area contributed by atoms with Gasteiger partial charge in [0.1, 0.15) is 6.54 Å². The van der Waals surface area contributed by atoms with Gasteiger partial charge < -0.3 is 25.0 Å². The number of benzene rings is 1. The van der Waals surface area contributed by atoms with Crippen LogP contribution in [-0.4, -0.2) is 95.3 Å². The van der Waals surface area contributed by atoms with Gasteiger partial charge in [0.25, 0.3) is 5.69 Å². The van der Waals surface area contributed by atoms with E-state index in [0.717, 1.165) is 57.9 Å². The van der Waals surface area contributed by atoms with E-state index >= 15 is 0 Å². The monoisotopic (exact) mass is 438 g/mol. The zero-order valence-corrected chi connectivity index (χ0v) is 17.4. The van der Waals surface area contributed by atoms with Crippen LogP contribution in [0.15, 0.2) is 24.3 Å². The quantitative estimate of drug-likeness (QED) is 0.250. The summed E-state index contributed by atoms with van der Waals surface area (Å²) < 4.78 is 0. The summed E-state index contributed by atoms with van der Waals surface area (Å²) in [4.78, 5) is 35.1. The summed E-state index contributed by atoms with van der Waals surface area (Å²) in [5.41, 5.74) is 1.24. The highest BCUT2D eigenvalue weighted by Crippen LogP contribution is 2.15. The van der Waals surface area contributed by atoms with Gasteiger partial charge in [-0.3, -0.25) is 19.9 Å². The molecule has 2 heterocycles. The summed E-state index contributed by atoms with van der Waals surface area (Å²) in [5, 5.41) is 36.3. The minimum absolute atomic E-state index is 0.188. The van der Waals surface area contributed by atoms with Gasteiger partial charge in [0.05, 0.1) is 24.6 Å². The molecule has 0 atom stereocenters. The van der Waals surface area contributed by atoms with Crippen LogP contribution < -0.4 is 10.0 Å². The average molecular weight is 438 g/mol. The van der Waals surface area contributed by atoms with Crippen LogP contribution >= 0.6 is 0 Å². The number of aliphatic carboxylic acids is 2. The Kier molecular flexibility index (Phi) is 9.79. The highest BCUT2D eigenvalue weighted by atomic mass is 16.6. The van der Waals surface area contributed by atoms with Crippen molar-refractivity contribution in [1.29, 1.82) is 0 Å². The molecule has 2 fully saturated rings. The molecule has 0 radical (unpaired) electrons. The van der Waals surface area contributed by atoms with Crippen LogP contribution in [0.2, 0.25) is 0 Å². The molecule has 2 aliphatic heterocycles. The number of nitro benzene ring substituents is 1. The molecule has 11 heteroatoms. The Bertz CT molecular complexity index is 733. The van der Waals surface area contributed by atoms with E-state index in [0.29, 0.717) is 6.04 Å². The van der Waals surface area contributed by atoms with Gasteiger partial charge in [-0.1, -0.05) is 12.1 Å². The van der Waals surface area contributed by atoms with Crippen molar-refractivity contribution in [3.63, 3.8) is 0 Å². The number of carbonyl (C=O) groups excluding carboxylic acids is 1. The van der Waals surface area contributed by atoms with Crippen molar-refractivity contribution < 1.29 is 34.7 Å². The first kappa shape index (κ1) is 24.7. The number of nitro groups is 1. The maximum absolute atomic E-state index is 10.9. The van der Waals surface area contributed by atoms with Crippen molar-refractivity contribution in [3.8, 4) is 0 Å². The average Bonchev–Trinajstić information content (AvgIpc) is 2.76. The lowest BCUT2D eigenvalue weighted by molar-refractivity contribution is -0.919. The van der Waals surface area contributed by atoms with E-state index < -0.39 is 11.9 Å². The number of non-ortho nitro benzene ring substituents is 1. The topological polar surface area (TPSA) is 152 Å². The Morgan fingerprint density at radius 2 is 1.77 bits per heavy atom. The Hall–Kier alpha value is -2.60. The summed E-state index contributed by atoms with van der Waals surface area (Å²) in [7, 11) is 0. The van der Waals surface area contributed by atoms with Crippen molar-refractivity contribution in [1.82, 2.24) is 9.80 Å². The number of carbonyl (C=O) groups is 2. The second-order valence-corrected chi connectivity index (χ2v) is 7.78. The third-order valence-corrected chi connectivity index (χ3v) is 5.75. The fourth-order valence-corrected chi connectivity index (χ4v) is 4.11. The number of quaternary nitrogens is 1. The molecule has 0 aliphatic carbocycles. The number of nitrogens with one attached hydrogen (secondary N) is 1. The minimum atomic E-state index is -2.07. The van der Waals surface area contributed by atoms with Crippen LogP contribution in [0.1, 0.15) is 18.4 Å². The minimum Gasteiger partial charge on any atom is -0.539 e. The number of likely N-dealkylation sites (tertiary alicyclic amines) is 1. The van der Waals surface area contributed by atoms with E-state index in [1.165, 1.54) is 17.7 Å². The highest BCUT2D eigenvalue weighted by molar-refractivity contribution is 6.26. The zero-order chi connectivity index (χ0) is 22.8. The number of aliphatic hydroxyl groups is 1. The Labute approximate surface area is 180 Å². The second kappa shape index (κ2) is 12.3. The maximum Gasteiger partial charge on any atom is 0.351 e. The first-order valence-corrected chi connectivity index (χ1v) is 10.4. The molecule has 0 amide bonds. The molecule has 2 aliphatic rings. The van der Waals surface area contributed by atoms with Crippen molar-refractivity contribution in [3.05, 3.63) is 39.9 Å². The summed E-state index contributed by atoms with van der Waals surface area (Å²) >= 11 is 0. The molecule has 3 N–H and O–H groups in total. The van der Waals surface area contributed by atoms with Crippen molar-refractivity contribution in [2.45, 2.75) is 25.4 Å². The lowest BCUT2D eigenvalue weighted by atomic mass is 10.0. The standard InChI is InChI=1S/C18H28N4O3.C2H2O4/c23-13-12-19-8-10-21(11-9-19)17-4-6-20(7-5-17)15-16-2-1-3-18(14-16)22(24)25;3-1(4)2(5)6/h1-3,14,17,23H,4-13,15H2;(H,3,4)(H,5,6). The highest BCUT2D eigenvalue weighted by Gasteiger charge is 2.29. The predicted molar refractivity (Wildman–Crippen MR) is 108 cm³/mol. The predicted octanol–water partition coefficient (Wildman–Crippen LogP) is -2.43. The van der Waals surface area contributed by atoms with E-state index in [9.17, 15) is 10.1 Å². The lowest BCUT2D eigenvalue weighted by Gasteiger charge is -2.41. The van der Waals surface area contributed by atoms with Crippen LogP contribution in [0.3, 0.4) is 0 Å². The largest absolute Gasteiger partial charge is 0.539 e. The lowest BCUT2D eigenvalue weighted by Crippen LogP contribution is -3.12. The number of hydrogen-bond donors (Lipinski definition) is 3. The summed E-state index contributed by atoms with van der Waals surface area (Å²) in [6, 6.07) is 7.71. The number of nitrogens with zero attached hydrogens (tertiary/aromatic N) is 3. The van der Waals surface area contributed by atoms with E-state index in [1.54, 1.807) is 18.2 Å². The number of hydrogen-bond acceptors (Lipinski definition) is 8. The van der Waals surface area contributed by atoms with Gasteiger partial charge in [0.2, 0.25) is 0 Å². The molecule has 0 aromatic heterocycles. The van der Waals surface area contributed by atoms with Gasteiger partial charge in [-0.05, 0) is 0 Å². The molecule has 31 heavy (non-hydrogen) atoms. The smallest absolute Gasteiger partial charge is 0.351 e. The summed E-state index contributed by atoms with van der Waals surface area (Å²) in [6.07, 6.45) is 2.40. The van der Waals surface area contributed by atoms with E-state index in [2.05, 4.69) is 9.80 Å². The van der Waals surface area contributed by atoms with Crippen LogP contribution in [0.4, 0.5) is 5.69 Å². The molecule has 0 unspecified atom stereocenters. The summed E-state index contributed by atoms with van der Waals surface area (Å²) in [5.74, 6) is -4.01. The number of carboxylic acids is 2. The van der Waals surface area contributed by atoms with Crippen LogP contribution in [0.5, 0.6) is 0 Å². The molecule has 172 valence electrons. The molecule has 0 saturated carbocycles. The first-order chi connectivity index (χ1) is 14.8. The van der Waals surface area contributed by atoms with Crippen molar-refractivity contribution in [2.75, 3.05) is 52.4 Å². The molecular weight excluding hydrogens is 408 g/mol. The number of β-amino-alcohol motifs (C(OH)–C–C–N with tert-alkyl or cyclic N) is 1. The Morgan fingerprint density at radius 3 is 2.29 bits per heavy atom. The first-order valence-electron chi connectivity index (χ1n) is 10.4. The molecule has 0 bridgehead atoms. The number of piperidine rings is 1. The molecular formula is C20H30N4O7. The third kappa shape index (κ3) is 8.21. The van der Waals surface area contributed by atoms with Crippen molar-refractivity contribution >= 4 is 17.6 Å². The fraction of sp³-hybridized carbons (Fsp3) is 0.600. The van der Waals surface area contributed by atoms with E-state index in [-0.39, 0.29) is 17.2 Å². The number of rotatable bonds is 6. The number of carboxylic acid groups (broad SMARTS) is 2. The summed E-state index contributed by atoms with van der Waals surface area (Å²) in [6.45, 7) is 8.49. The molecule has 0 spiro atoms. The van der Waals surface area contributed by atoms with Crippen LogP contribution in [0, 0.1) is 10.1 Å². The molecule has 1 aromatic carbocycles. The molecule has 11 nitrogen and oxygen atoms in total. The second-order valence-electron chi connectivity index (χ2n) is 7.78. The maximum atomic E-state index is 10.9. The van der Waals surface area contributed by atoms with Crippen molar-refractivity contribution in [2.24, 2.45) is 0 Å². The number of aliphatic hydroxyl groups excluding tert-OH is 1. The third-order valence-electron chi connectivity index (χ3n) is 5.75. The normalized spacial score (nSPS) is 22.2. The van der Waals surface area contributed by atoms with Gasteiger partial charge in [-0.25, -0.2) is 4.79 Å². The van der Waals surface area contributed by atoms with Gasteiger partial charge in [-0.2, -0.15) is 0 Å². The molecule has 3 rings (SSSR count).